The van der Waals surface area contributed by atoms with Crippen molar-refractivity contribution in [3.63, 3.8) is 0 Å². The van der Waals surface area contributed by atoms with Gasteiger partial charge in [-0.25, -0.2) is 0 Å². The van der Waals surface area contributed by atoms with Crippen LogP contribution in [-0.2, 0) is 11.3 Å². The fourth-order valence-electron chi connectivity index (χ4n) is 3.39. The van der Waals surface area contributed by atoms with Gasteiger partial charge in [0.15, 0.2) is 0 Å². The van der Waals surface area contributed by atoms with Gasteiger partial charge in [-0.15, -0.1) is 0 Å². The number of nitrogens with zero attached hydrogens (tertiary/aromatic N) is 3. The monoisotopic (exact) mass is 376 g/mol. The van der Waals surface area contributed by atoms with Crippen LogP contribution in [0.5, 0.6) is 0 Å². The summed E-state index contributed by atoms with van der Waals surface area (Å²) in [6.45, 7) is 6.50. The van der Waals surface area contributed by atoms with Gasteiger partial charge < -0.3 is 10.1 Å². The van der Waals surface area contributed by atoms with E-state index < -0.39 is 18.6 Å². The minimum Gasteiger partial charge on any atom is -0.379 e. The van der Waals surface area contributed by atoms with Crippen LogP contribution in [0.15, 0.2) is 12.4 Å². The van der Waals surface area contributed by atoms with E-state index in [1.165, 1.54) is 6.20 Å². The molecular formula is C17H27F3N4O2. The molecule has 1 fully saturated rings. The molecule has 0 aliphatic carbocycles. The maximum Gasteiger partial charge on any atom is 0.408 e. The molecule has 0 radical (unpaired) electrons. The molecule has 148 valence electrons. The Bertz CT molecular complexity index is 567. The summed E-state index contributed by atoms with van der Waals surface area (Å²) in [4.78, 5) is 14.6. The van der Waals surface area contributed by atoms with Gasteiger partial charge in [0.25, 0.3) is 5.91 Å². The van der Waals surface area contributed by atoms with Crippen molar-refractivity contribution in [2.45, 2.75) is 45.5 Å². The Morgan fingerprint density at radius 2 is 1.96 bits per heavy atom. The predicted octanol–water partition coefficient (Wildman–Crippen LogP) is 2.31. The van der Waals surface area contributed by atoms with Crippen molar-refractivity contribution in [1.29, 1.82) is 0 Å². The van der Waals surface area contributed by atoms with E-state index in [4.69, 9.17) is 4.74 Å². The standard InChI is InChI=1S/C17H27F3N4O2/c1-3-13(4-2)15(23-5-7-26-8-6-23)10-21-16(25)14-9-22-24(11-14)12-17(18,19)20/h9,11,13,15H,3-8,10,12H2,1-2H3,(H,21,25). The molecule has 1 aromatic heterocycles. The highest BCUT2D eigenvalue weighted by Crippen LogP contribution is 2.20. The molecule has 1 N–H and O–H groups in total. The van der Waals surface area contributed by atoms with Crippen molar-refractivity contribution in [2.24, 2.45) is 5.92 Å². The number of amides is 1. The number of carbonyl (C=O) groups excluding carboxylic acids is 1. The topological polar surface area (TPSA) is 59.4 Å². The van der Waals surface area contributed by atoms with Crippen molar-refractivity contribution in [1.82, 2.24) is 20.0 Å². The third-order valence-corrected chi connectivity index (χ3v) is 4.82. The molecule has 2 heterocycles. The number of carbonyl (C=O) groups is 1. The van der Waals surface area contributed by atoms with Gasteiger partial charge in [0.1, 0.15) is 6.54 Å². The van der Waals surface area contributed by atoms with Crippen LogP contribution in [0.25, 0.3) is 0 Å². The van der Waals surface area contributed by atoms with E-state index >= 15 is 0 Å². The number of rotatable bonds is 8. The van der Waals surface area contributed by atoms with E-state index in [2.05, 4.69) is 29.2 Å². The largest absolute Gasteiger partial charge is 0.408 e. The zero-order valence-corrected chi connectivity index (χ0v) is 15.3. The molecule has 1 unspecified atom stereocenters. The van der Waals surface area contributed by atoms with E-state index in [9.17, 15) is 18.0 Å². The lowest BCUT2D eigenvalue weighted by molar-refractivity contribution is -0.142. The molecule has 1 aromatic rings. The molecular weight excluding hydrogens is 349 g/mol. The highest BCUT2D eigenvalue weighted by atomic mass is 19.4. The lowest BCUT2D eigenvalue weighted by Crippen LogP contribution is -2.52. The van der Waals surface area contributed by atoms with Gasteiger partial charge in [0.2, 0.25) is 0 Å². The minimum absolute atomic E-state index is 0.138. The molecule has 1 amide bonds. The molecule has 0 spiro atoms. The van der Waals surface area contributed by atoms with Gasteiger partial charge >= 0.3 is 6.18 Å². The second kappa shape index (κ2) is 9.36. The summed E-state index contributed by atoms with van der Waals surface area (Å²) in [7, 11) is 0. The highest BCUT2D eigenvalue weighted by Gasteiger charge is 2.29. The Morgan fingerprint density at radius 1 is 1.31 bits per heavy atom. The SMILES string of the molecule is CCC(CC)C(CNC(=O)c1cnn(CC(F)(F)F)c1)N1CCOCC1. The maximum atomic E-state index is 12.4. The van der Waals surface area contributed by atoms with Crippen LogP contribution in [-0.4, -0.2) is 65.7 Å². The zero-order chi connectivity index (χ0) is 19.2. The van der Waals surface area contributed by atoms with Crippen molar-refractivity contribution in [3.8, 4) is 0 Å². The summed E-state index contributed by atoms with van der Waals surface area (Å²) in [5, 5.41) is 6.48. The quantitative estimate of drug-likeness (QED) is 0.757. The number of halogens is 3. The number of hydrogen-bond acceptors (Lipinski definition) is 4. The third kappa shape index (κ3) is 5.98. The molecule has 1 saturated heterocycles. The molecule has 0 saturated carbocycles. The van der Waals surface area contributed by atoms with Crippen LogP contribution in [0, 0.1) is 5.92 Å². The molecule has 26 heavy (non-hydrogen) atoms. The Kier molecular flexibility index (Phi) is 7.45. The fourth-order valence-corrected chi connectivity index (χ4v) is 3.39. The van der Waals surface area contributed by atoms with Gasteiger partial charge in [-0.1, -0.05) is 26.7 Å². The van der Waals surface area contributed by atoms with Crippen molar-refractivity contribution in [2.75, 3.05) is 32.8 Å². The van der Waals surface area contributed by atoms with Gasteiger partial charge in [0.05, 0.1) is 25.0 Å². The lowest BCUT2D eigenvalue weighted by atomic mass is 9.92. The second-order valence-corrected chi connectivity index (χ2v) is 6.54. The van der Waals surface area contributed by atoms with Crippen molar-refractivity contribution >= 4 is 5.91 Å². The van der Waals surface area contributed by atoms with Crippen LogP contribution in [0.2, 0.25) is 0 Å². The van der Waals surface area contributed by atoms with Crippen molar-refractivity contribution in [3.05, 3.63) is 18.0 Å². The molecule has 6 nitrogen and oxygen atoms in total. The van der Waals surface area contributed by atoms with Gasteiger partial charge in [-0.2, -0.15) is 18.3 Å². The van der Waals surface area contributed by atoms with E-state index in [0.717, 1.165) is 36.8 Å². The third-order valence-electron chi connectivity index (χ3n) is 4.82. The summed E-state index contributed by atoms with van der Waals surface area (Å²) in [5.74, 6) is 0.0315. The first-order valence-electron chi connectivity index (χ1n) is 9.03. The number of nitrogens with one attached hydrogen (secondary N) is 1. The first kappa shape index (κ1) is 20.7. The Labute approximate surface area is 151 Å². The highest BCUT2D eigenvalue weighted by molar-refractivity contribution is 5.93. The smallest absolute Gasteiger partial charge is 0.379 e. The number of alkyl halides is 3. The van der Waals surface area contributed by atoms with Crippen molar-refractivity contribution < 1.29 is 22.7 Å². The average Bonchev–Trinajstić information content (AvgIpc) is 3.05. The first-order valence-corrected chi connectivity index (χ1v) is 9.03. The maximum absolute atomic E-state index is 12.4. The summed E-state index contributed by atoms with van der Waals surface area (Å²) in [5.41, 5.74) is 0.138. The van der Waals surface area contributed by atoms with E-state index in [1.54, 1.807) is 0 Å². The van der Waals surface area contributed by atoms with Crippen LogP contribution >= 0.6 is 0 Å². The Balaban J connectivity index is 1.97. The van der Waals surface area contributed by atoms with Gasteiger partial charge in [-0.05, 0) is 5.92 Å². The molecule has 1 aliphatic rings. The first-order chi connectivity index (χ1) is 12.3. The molecule has 1 aliphatic heterocycles. The minimum atomic E-state index is -4.36. The van der Waals surface area contributed by atoms with Crippen LogP contribution < -0.4 is 5.32 Å². The predicted molar refractivity (Wildman–Crippen MR) is 90.9 cm³/mol. The Hall–Kier alpha value is -1.61. The molecule has 0 aromatic carbocycles. The zero-order valence-electron chi connectivity index (χ0n) is 15.3. The summed E-state index contributed by atoms with van der Waals surface area (Å²) in [6.07, 6.45) is -0.0713. The van der Waals surface area contributed by atoms with E-state index in [-0.39, 0.29) is 11.6 Å². The van der Waals surface area contributed by atoms with E-state index in [0.29, 0.717) is 25.7 Å². The van der Waals surface area contributed by atoms with Crippen LogP contribution in [0.1, 0.15) is 37.0 Å². The number of aromatic nitrogens is 2. The summed E-state index contributed by atoms with van der Waals surface area (Å²) < 4.78 is 43.3. The molecule has 9 heteroatoms. The number of hydrogen-bond donors (Lipinski definition) is 1. The lowest BCUT2D eigenvalue weighted by Gasteiger charge is -2.38. The summed E-state index contributed by atoms with van der Waals surface area (Å²) >= 11 is 0. The van der Waals surface area contributed by atoms with E-state index in [1.807, 2.05) is 0 Å². The average molecular weight is 376 g/mol. The number of morpholine rings is 1. The normalized spacial score (nSPS) is 17.5. The number of ether oxygens (including phenoxy) is 1. The van der Waals surface area contributed by atoms with Crippen LogP contribution in [0.3, 0.4) is 0 Å². The summed E-state index contributed by atoms with van der Waals surface area (Å²) in [6, 6.07) is 0.183. The van der Waals surface area contributed by atoms with Crippen LogP contribution in [0.4, 0.5) is 13.2 Å². The molecule has 1 atom stereocenters. The second-order valence-electron chi connectivity index (χ2n) is 6.54. The molecule has 2 rings (SSSR count). The Morgan fingerprint density at radius 3 is 2.54 bits per heavy atom. The van der Waals surface area contributed by atoms with Gasteiger partial charge in [0, 0.05) is 31.9 Å². The molecule has 0 bridgehead atoms. The fraction of sp³-hybridized carbons (Fsp3) is 0.765. The van der Waals surface area contributed by atoms with Gasteiger partial charge in [-0.3, -0.25) is 14.4 Å².